The minimum absolute atomic E-state index is 0.00690. The first-order valence-corrected chi connectivity index (χ1v) is 7.94. The molecule has 1 saturated heterocycles. The van der Waals surface area contributed by atoms with E-state index in [1.807, 2.05) is 0 Å². The van der Waals surface area contributed by atoms with Crippen LogP contribution in [0.2, 0.25) is 0 Å². The number of hydrogen-bond donors (Lipinski definition) is 2. The summed E-state index contributed by atoms with van der Waals surface area (Å²) >= 11 is 0. The Morgan fingerprint density at radius 1 is 1.21 bits per heavy atom. The maximum atomic E-state index is 10.3. The summed E-state index contributed by atoms with van der Waals surface area (Å²) in [5, 5.41) is 14.0. The van der Waals surface area contributed by atoms with Crippen LogP contribution in [0.15, 0.2) is 0 Å². The third-order valence-corrected chi connectivity index (χ3v) is 4.67. The molecular formula is C16H32N2O. The number of likely N-dealkylation sites (N-methyl/N-ethyl adjacent to an activating group) is 1. The second-order valence-electron chi connectivity index (χ2n) is 7.99. The zero-order chi connectivity index (χ0) is 14.0. The molecule has 3 nitrogen and oxygen atoms in total. The number of aliphatic hydroxyl groups is 1. The van der Waals surface area contributed by atoms with Gasteiger partial charge in [-0.1, -0.05) is 20.8 Å². The van der Waals surface area contributed by atoms with E-state index in [4.69, 9.17) is 0 Å². The number of rotatable bonds is 5. The van der Waals surface area contributed by atoms with Gasteiger partial charge in [0.1, 0.15) is 0 Å². The number of piperidine rings is 1. The van der Waals surface area contributed by atoms with E-state index in [2.05, 4.69) is 38.0 Å². The Bertz CT molecular complexity index is 283. The molecule has 1 aliphatic heterocycles. The van der Waals surface area contributed by atoms with Crippen LogP contribution in [0.1, 0.15) is 46.5 Å². The van der Waals surface area contributed by atoms with Crippen molar-refractivity contribution < 1.29 is 5.11 Å². The number of hydrogen-bond acceptors (Lipinski definition) is 3. The third kappa shape index (κ3) is 5.05. The van der Waals surface area contributed by atoms with Crippen LogP contribution in [0.3, 0.4) is 0 Å². The zero-order valence-electron chi connectivity index (χ0n) is 13.2. The molecular weight excluding hydrogens is 236 g/mol. The molecule has 2 fully saturated rings. The van der Waals surface area contributed by atoms with E-state index in [9.17, 15) is 5.11 Å². The van der Waals surface area contributed by atoms with E-state index < -0.39 is 0 Å². The number of likely N-dealkylation sites (tertiary alicyclic amines) is 1. The lowest BCUT2D eigenvalue weighted by molar-refractivity contribution is 0.0253. The van der Waals surface area contributed by atoms with Crippen LogP contribution in [-0.4, -0.2) is 48.8 Å². The molecule has 0 aromatic carbocycles. The summed E-state index contributed by atoms with van der Waals surface area (Å²) in [5.41, 5.74) is 0.00690. The van der Waals surface area contributed by atoms with Crippen LogP contribution in [0.5, 0.6) is 0 Å². The Hall–Kier alpha value is -0.120. The molecule has 0 spiro atoms. The van der Waals surface area contributed by atoms with E-state index in [-0.39, 0.29) is 11.5 Å². The van der Waals surface area contributed by atoms with Crippen molar-refractivity contribution in [3.63, 3.8) is 0 Å². The van der Waals surface area contributed by atoms with Gasteiger partial charge in [0.2, 0.25) is 0 Å². The molecule has 2 rings (SSSR count). The maximum absolute atomic E-state index is 10.3. The van der Waals surface area contributed by atoms with Crippen LogP contribution < -0.4 is 5.32 Å². The van der Waals surface area contributed by atoms with Gasteiger partial charge in [0.05, 0.1) is 6.10 Å². The van der Waals surface area contributed by atoms with Gasteiger partial charge in [-0.25, -0.2) is 0 Å². The predicted molar refractivity (Wildman–Crippen MR) is 80.2 cm³/mol. The Kier molecular flexibility index (Phi) is 4.91. The van der Waals surface area contributed by atoms with Crippen LogP contribution in [0.25, 0.3) is 0 Å². The van der Waals surface area contributed by atoms with E-state index in [1.165, 1.54) is 25.8 Å². The highest BCUT2D eigenvalue weighted by molar-refractivity contribution is 4.87. The van der Waals surface area contributed by atoms with Gasteiger partial charge in [0, 0.05) is 19.1 Å². The van der Waals surface area contributed by atoms with E-state index >= 15 is 0 Å². The Labute approximate surface area is 118 Å². The Morgan fingerprint density at radius 3 is 2.47 bits per heavy atom. The molecule has 0 aromatic rings. The van der Waals surface area contributed by atoms with E-state index in [0.717, 1.165) is 25.4 Å². The molecule has 0 radical (unpaired) electrons. The zero-order valence-corrected chi connectivity index (χ0v) is 13.2. The van der Waals surface area contributed by atoms with Gasteiger partial charge < -0.3 is 15.3 Å². The van der Waals surface area contributed by atoms with Gasteiger partial charge in [-0.15, -0.1) is 0 Å². The van der Waals surface area contributed by atoms with Crippen LogP contribution in [0.4, 0.5) is 0 Å². The summed E-state index contributed by atoms with van der Waals surface area (Å²) in [4.78, 5) is 2.42. The topological polar surface area (TPSA) is 35.5 Å². The second-order valence-corrected chi connectivity index (χ2v) is 7.99. The second kappa shape index (κ2) is 6.11. The highest BCUT2D eigenvalue weighted by Gasteiger charge is 2.31. The number of aliphatic hydroxyl groups excluding tert-OH is 1. The molecule has 3 atom stereocenters. The van der Waals surface area contributed by atoms with Crippen molar-refractivity contribution in [3.05, 3.63) is 0 Å². The van der Waals surface area contributed by atoms with Crippen molar-refractivity contribution in [1.29, 1.82) is 0 Å². The van der Waals surface area contributed by atoms with Gasteiger partial charge in [0.15, 0.2) is 0 Å². The number of nitrogens with zero attached hydrogens (tertiary/aromatic N) is 1. The molecule has 0 amide bonds. The van der Waals surface area contributed by atoms with Crippen LogP contribution in [0, 0.1) is 17.3 Å². The highest BCUT2D eigenvalue weighted by Crippen LogP contribution is 2.30. The molecule has 19 heavy (non-hydrogen) atoms. The first kappa shape index (κ1) is 15.3. The lowest BCUT2D eigenvalue weighted by atomic mass is 9.80. The lowest BCUT2D eigenvalue weighted by Crippen LogP contribution is -2.49. The molecule has 2 aliphatic rings. The third-order valence-electron chi connectivity index (χ3n) is 4.67. The van der Waals surface area contributed by atoms with E-state index in [1.54, 1.807) is 0 Å². The van der Waals surface area contributed by atoms with Crippen molar-refractivity contribution in [2.75, 3.05) is 26.7 Å². The average Bonchev–Trinajstić information content (AvgIpc) is 3.08. The van der Waals surface area contributed by atoms with Gasteiger partial charge in [-0.05, 0) is 56.5 Å². The van der Waals surface area contributed by atoms with Gasteiger partial charge >= 0.3 is 0 Å². The van der Waals surface area contributed by atoms with Crippen molar-refractivity contribution in [1.82, 2.24) is 10.2 Å². The van der Waals surface area contributed by atoms with Crippen LogP contribution in [-0.2, 0) is 0 Å². The van der Waals surface area contributed by atoms with E-state index in [0.29, 0.717) is 12.0 Å². The quantitative estimate of drug-likeness (QED) is 0.801. The lowest BCUT2D eigenvalue weighted by Gasteiger charge is -2.38. The molecule has 0 aromatic heterocycles. The fourth-order valence-corrected chi connectivity index (χ4v) is 3.09. The van der Waals surface area contributed by atoms with Gasteiger partial charge in [-0.3, -0.25) is 0 Å². The van der Waals surface area contributed by atoms with Crippen molar-refractivity contribution in [3.8, 4) is 0 Å². The molecule has 1 aliphatic carbocycles. The monoisotopic (exact) mass is 268 g/mol. The molecule has 1 heterocycles. The molecule has 1 saturated carbocycles. The van der Waals surface area contributed by atoms with Gasteiger partial charge in [0.25, 0.3) is 0 Å². The van der Waals surface area contributed by atoms with Crippen LogP contribution >= 0.6 is 0 Å². The SMILES string of the molecule is CN1CC(CC(O)C(C)(C)C)CC(NCC2CC2)C1. The fraction of sp³-hybridized carbons (Fsp3) is 1.00. The van der Waals surface area contributed by atoms with Crippen molar-refractivity contribution in [2.24, 2.45) is 17.3 Å². The minimum Gasteiger partial charge on any atom is -0.393 e. The predicted octanol–water partition coefficient (Wildman–Crippen LogP) is 2.10. The molecule has 112 valence electrons. The molecule has 3 heteroatoms. The summed E-state index contributed by atoms with van der Waals surface area (Å²) in [5.74, 6) is 1.58. The van der Waals surface area contributed by atoms with Gasteiger partial charge in [-0.2, -0.15) is 0 Å². The summed E-state index contributed by atoms with van der Waals surface area (Å²) < 4.78 is 0. The summed E-state index contributed by atoms with van der Waals surface area (Å²) in [6.07, 6.45) is 4.82. The molecule has 3 unspecified atom stereocenters. The fourth-order valence-electron chi connectivity index (χ4n) is 3.09. The Morgan fingerprint density at radius 2 is 1.89 bits per heavy atom. The Balaban J connectivity index is 1.79. The normalized spacial score (nSPS) is 31.4. The molecule has 2 N–H and O–H groups in total. The highest BCUT2D eigenvalue weighted by atomic mass is 16.3. The largest absolute Gasteiger partial charge is 0.393 e. The first-order chi connectivity index (χ1) is 8.84. The minimum atomic E-state index is -0.187. The number of nitrogens with one attached hydrogen (secondary N) is 1. The molecule has 0 bridgehead atoms. The average molecular weight is 268 g/mol. The first-order valence-electron chi connectivity index (χ1n) is 7.94. The maximum Gasteiger partial charge on any atom is 0.0591 e. The summed E-state index contributed by atoms with van der Waals surface area (Å²) in [7, 11) is 2.21. The summed E-state index contributed by atoms with van der Waals surface area (Å²) in [6, 6.07) is 0.622. The van der Waals surface area contributed by atoms with Crippen molar-refractivity contribution >= 4 is 0 Å². The smallest absolute Gasteiger partial charge is 0.0591 e. The standard InChI is InChI=1S/C16H32N2O/c1-16(2,3)15(19)8-13-7-14(11-18(4)10-13)17-9-12-5-6-12/h12-15,17,19H,5-11H2,1-4H3. The van der Waals surface area contributed by atoms with Crippen molar-refractivity contribution in [2.45, 2.75) is 58.6 Å². The summed E-state index contributed by atoms with van der Waals surface area (Å²) in [6.45, 7) is 9.89.